The Morgan fingerprint density at radius 1 is 1.13 bits per heavy atom. The maximum Gasteiger partial charge on any atom is 0.227 e. The van der Waals surface area contributed by atoms with Gasteiger partial charge in [0, 0.05) is 22.9 Å². The van der Waals surface area contributed by atoms with E-state index < -0.39 is 0 Å². The van der Waals surface area contributed by atoms with Crippen molar-refractivity contribution in [3.05, 3.63) is 28.2 Å². The Morgan fingerprint density at radius 3 is 2.30 bits per heavy atom. The maximum atomic E-state index is 12.4. The summed E-state index contributed by atoms with van der Waals surface area (Å²) < 4.78 is 0.901. The van der Waals surface area contributed by atoms with Crippen molar-refractivity contribution in [2.75, 3.05) is 11.9 Å². The molecule has 1 aliphatic carbocycles. The highest BCUT2D eigenvalue weighted by atomic mass is 79.9. The molecule has 5 heteroatoms. The zero-order valence-corrected chi connectivity index (χ0v) is 15.4. The number of halogens is 1. The molecule has 0 aliphatic heterocycles. The van der Waals surface area contributed by atoms with Gasteiger partial charge >= 0.3 is 0 Å². The molecule has 0 spiro atoms. The number of carbonyl (C=O) groups is 2. The Hall–Kier alpha value is -1.36. The summed E-state index contributed by atoms with van der Waals surface area (Å²) in [5.41, 5.74) is 1.96. The lowest BCUT2D eigenvalue weighted by molar-refractivity contribution is -0.128. The normalized spacial score (nSPS) is 20.8. The van der Waals surface area contributed by atoms with Gasteiger partial charge in [-0.1, -0.05) is 13.0 Å². The average Bonchev–Trinajstić information content (AvgIpc) is 2.55. The molecular formula is C18H25BrN2O2. The first-order valence-corrected chi connectivity index (χ1v) is 9.15. The van der Waals surface area contributed by atoms with Gasteiger partial charge in [0.05, 0.1) is 5.69 Å². The van der Waals surface area contributed by atoms with Crippen LogP contribution in [0, 0.1) is 18.8 Å². The standard InChI is InChI=1S/C18H25BrN2O2/c1-3-10-20-17(22)13-5-7-14(8-6-13)18(23)21-16-9-4-12(2)11-15(16)19/h4,9,11,13-14H,3,5-8,10H2,1-2H3,(H,20,22)(H,21,23). The van der Waals surface area contributed by atoms with Gasteiger partial charge in [-0.3, -0.25) is 9.59 Å². The number of anilines is 1. The quantitative estimate of drug-likeness (QED) is 0.809. The molecule has 4 nitrogen and oxygen atoms in total. The molecule has 0 heterocycles. The first-order valence-electron chi connectivity index (χ1n) is 8.36. The van der Waals surface area contributed by atoms with Gasteiger partial charge in [-0.05, 0) is 72.7 Å². The topological polar surface area (TPSA) is 58.2 Å². The van der Waals surface area contributed by atoms with E-state index in [0.717, 1.165) is 54.4 Å². The van der Waals surface area contributed by atoms with E-state index >= 15 is 0 Å². The molecule has 1 saturated carbocycles. The molecular weight excluding hydrogens is 356 g/mol. The summed E-state index contributed by atoms with van der Waals surface area (Å²) in [5.74, 6) is 0.268. The fourth-order valence-electron chi connectivity index (χ4n) is 2.97. The third kappa shape index (κ3) is 5.06. The van der Waals surface area contributed by atoms with Crippen LogP contribution in [0.5, 0.6) is 0 Å². The third-order valence-corrected chi connectivity index (χ3v) is 5.06. The lowest BCUT2D eigenvalue weighted by atomic mass is 9.81. The Balaban J connectivity index is 1.85. The summed E-state index contributed by atoms with van der Waals surface area (Å²) >= 11 is 3.48. The molecule has 1 fully saturated rings. The van der Waals surface area contributed by atoms with Crippen LogP contribution in [0.2, 0.25) is 0 Å². The van der Waals surface area contributed by atoms with Crippen molar-refractivity contribution in [2.45, 2.75) is 46.0 Å². The molecule has 1 aromatic rings. The summed E-state index contributed by atoms with van der Waals surface area (Å²) in [7, 11) is 0. The van der Waals surface area contributed by atoms with Gasteiger partial charge in [-0.2, -0.15) is 0 Å². The molecule has 1 aromatic carbocycles. The van der Waals surface area contributed by atoms with E-state index in [0.29, 0.717) is 0 Å². The second-order valence-corrected chi connectivity index (χ2v) is 7.17. The van der Waals surface area contributed by atoms with Crippen LogP contribution < -0.4 is 10.6 Å². The second kappa shape index (κ2) is 8.48. The Labute approximate surface area is 146 Å². The second-order valence-electron chi connectivity index (χ2n) is 6.31. The molecule has 0 saturated heterocycles. The summed E-state index contributed by atoms with van der Waals surface area (Å²) in [5, 5.41) is 5.95. The van der Waals surface area contributed by atoms with Crippen molar-refractivity contribution < 1.29 is 9.59 Å². The van der Waals surface area contributed by atoms with Gasteiger partial charge in [-0.25, -0.2) is 0 Å². The number of hydrogen-bond donors (Lipinski definition) is 2. The molecule has 2 amide bonds. The van der Waals surface area contributed by atoms with Crippen LogP contribution in [-0.4, -0.2) is 18.4 Å². The van der Waals surface area contributed by atoms with E-state index in [1.54, 1.807) is 0 Å². The van der Waals surface area contributed by atoms with Gasteiger partial charge in [-0.15, -0.1) is 0 Å². The first-order chi connectivity index (χ1) is 11.0. The Bertz CT molecular complexity index is 566. The molecule has 0 aromatic heterocycles. The largest absolute Gasteiger partial charge is 0.356 e. The molecule has 126 valence electrons. The van der Waals surface area contributed by atoms with Gasteiger partial charge in [0.25, 0.3) is 0 Å². The molecule has 23 heavy (non-hydrogen) atoms. The fourth-order valence-corrected chi connectivity index (χ4v) is 3.56. The predicted molar refractivity (Wildman–Crippen MR) is 96.3 cm³/mol. The van der Waals surface area contributed by atoms with Crippen molar-refractivity contribution in [2.24, 2.45) is 11.8 Å². The minimum Gasteiger partial charge on any atom is -0.356 e. The third-order valence-electron chi connectivity index (χ3n) is 4.40. The van der Waals surface area contributed by atoms with Gasteiger partial charge in [0.15, 0.2) is 0 Å². The Kier molecular flexibility index (Phi) is 6.63. The SMILES string of the molecule is CCCNC(=O)C1CCC(C(=O)Nc2ccc(C)cc2Br)CC1. The number of carbonyl (C=O) groups excluding carboxylic acids is 2. The summed E-state index contributed by atoms with van der Waals surface area (Å²) in [6.45, 7) is 4.80. The molecule has 0 radical (unpaired) electrons. The first kappa shape index (κ1) is 18.0. The number of rotatable bonds is 5. The van der Waals surface area contributed by atoms with Crippen LogP contribution in [0.1, 0.15) is 44.6 Å². The Morgan fingerprint density at radius 2 is 1.74 bits per heavy atom. The van der Waals surface area contributed by atoms with Crippen LogP contribution in [0.25, 0.3) is 0 Å². The molecule has 2 rings (SSSR count). The van der Waals surface area contributed by atoms with Crippen molar-refractivity contribution in [3.8, 4) is 0 Å². The lowest BCUT2D eigenvalue weighted by Crippen LogP contribution is -2.35. The van der Waals surface area contributed by atoms with Crippen molar-refractivity contribution >= 4 is 33.4 Å². The molecule has 0 atom stereocenters. The minimum atomic E-state index is -0.00146. The number of benzene rings is 1. The summed E-state index contributed by atoms with van der Waals surface area (Å²) in [6.07, 6.45) is 4.10. The van der Waals surface area contributed by atoms with Crippen LogP contribution >= 0.6 is 15.9 Å². The summed E-state index contributed by atoms with van der Waals surface area (Å²) in [4.78, 5) is 24.4. The van der Waals surface area contributed by atoms with Gasteiger partial charge in [0.2, 0.25) is 11.8 Å². The molecule has 1 aliphatic rings. The molecule has 0 unspecified atom stereocenters. The number of nitrogens with one attached hydrogen (secondary N) is 2. The van der Waals surface area contributed by atoms with Crippen LogP contribution in [0.3, 0.4) is 0 Å². The maximum absolute atomic E-state index is 12.4. The highest BCUT2D eigenvalue weighted by Gasteiger charge is 2.29. The smallest absolute Gasteiger partial charge is 0.227 e. The lowest BCUT2D eigenvalue weighted by Gasteiger charge is -2.27. The van der Waals surface area contributed by atoms with Crippen molar-refractivity contribution in [1.82, 2.24) is 5.32 Å². The van der Waals surface area contributed by atoms with E-state index in [2.05, 4.69) is 26.6 Å². The number of amides is 2. The highest BCUT2D eigenvalue weighted by molar-refractivity contribution is 9.10. The fraction of sp³-hybridized carbons (Fsp3) is 0.556. The highest BCUT2D eigenvalue weighted by Crippen LogP contribution is 2.31. The van der Waals surface area contributed by atoms with Crippen LogP contribution in [-0.2, 0) is 9.59 Å². The monoisotopic (exact) mass is 380 g/mol. The van der Waals surface area contributed by atoms with Crippen LogP contribution in [0.15, 0.2) is 22.7 Å². The predicted octanol–water partition coefficient (Wildman–Crippen LogP) is 4.03. The van der Waals surface area contributed by atoms with E-state index in [4.69, 9.17) is 0 Å². The molecule has 2 N–H and O–H groups in total. The zero-order valence-electron chi connectivity index (χ0n) is 13.8. The van der Waals surface area contributed by atoms with E-state index in [9.17, 15) is 9.59 Å². The van der Waals surface area contributed by atoms with Gasteiger partial charge < -0.3 is 10.6 Å². The average molecular weight is 381 g/mol. The van der Waals surface area contributed by atoms with Crippen molar-refractivity contribution in [1.29, 1.82) is 0 Å². The summed E-state index contributed by atoms with van der Waals surface area (Å²) in [6, 6.07) is 5.89. The van der Waals surface area contributed by atoms with E-state index in [1.165, 1.54) is 0 Å². The van der Waals surface area contributed by atoms with Crippen molar-refractivity contribution in [3.63, 3.8) is 0 Å². The number of aryl methyl sites for hydroxylation is 1. The van der Waals surface area contributed by atoms with E-state index in [-0.39, 0.29) is 23.7 Å². The zero-order chi connectivity index (χ0) is 16.8. The minimum absolute atomic E-state index is 0.00146. The van der Waals surface area contributed by atoms with Crippen LogP contribution in [0.4, 0.5) is 5.69 Å². The molecule has 0 bridgehead atoms. The van der Waals surface area contributed by atoms with Gasteiger partial charge in [0.1, 0.15) is 0 Å². The number of hydrogen-bond acceptors (Lipinski definition) is 2. The van der Waals surface area contributed by atoms with E-state index in [1.807, 2.05) is 32.0 Å².